The van der Waals surface area contributed by atoms with Crippen LogP contribution < -0.4 is 14.8 Å². The van der Waals surface area contributed by atoms with Gasteiger partial charge in [0.2, 0.25) is 15.9 Å². The average molecular weight is 430 g/mol. The second-order valence-electron chi connectivity index (χ2n) is 7.07. The van der Waals surface area contributed by atoms with Crippen LogP contribution in [-0.2, 0) is 14.8 Å². The van der Waals surface area contributed by atoms with Crippen molar-refractivity contribution in [1.82, 2.24) is 9.62 Å². The van der Waals surface area contributed by atoms with E-state index in [9.17, 15) is 13.2 Å². The molecule has 0 radical (unpaired) electrons. The van der Waals surface area contributed by atoms with E-state index in [2.05, 4.69) is 16.6 Å². The van der Waals surface area contributed by atoms with E-state index < -0.39 is 10.0 Å². The van der Waals surface area contributed by atoms with E-state index in [4.69, 9.17) is 16.3 Å². The molecule has 1 aliphatic heterocycles. The van der Waals surface area contributed by atoms with Gasteiger partial charge in [-0.1, -0.05) is 32.0 Å². The van der Waals surface area contributed by atoms with E-state index in [1.807, 2.05) is 19.9 Å². The summed E-state index contributed by atoms with van der Waals surface area (Å²) < 4.78 is 31.1. The Kier molecular flexibility index (Phi) is 7.74. The number of carbonyl (C=O) groups excluding carboxylic acids is 1. The first-order valence-electron chi connectivity index (χ1n) is 9.20. The molecule has 156 valence electrons. The number of rotatable bonds is 8. The van der Waals surface area contributed by atoms with Crippen LogP contribution in [-0.4, -0.2) is 52.0 Å². The van der Waals surface area contributed by atoms with E-state index >= 15 is 0 Å². The second kappa shape index (κ2) is 9.62. The fourth-order valence-corrected chi connectivity index (χ4v) is 4.30. The van der Waals surface area contributed by atoms with Crippen LogP contribution in [0, 0.1) is 0 Å². The van der Waals surface area contributed by atoms with Crippen molar-refractivity contribution in [3.63, 3.8) is 0 Å². The third-order valence-corrected chi connectivity index (χ3v) is 6.20. The predicted octanol–water partition coefficient (Wildman–Crippen LogP) is 2.94. The number of likely N-dealkylation sites (tertiary alicyclic amines) is 1. The van der Waals surface area contributed by atoms with Gasteiger partial charge in [0.15, 0.2) is 0 Å². The summed E-state index contributed by atoms with van der Waals surface area (Å²) in [6.45, 7) is 8.51. The number of benzene rings is 1. The highest BCUT2D eigenvalue weighted by Gasteiger charge is 2.25. The summed E-state index contributed by atoms with van der Waals surface area (Å²) in [4.78, 5) is 14.3. The second-order valence-corrected chi connectivity index (χ2v) is 9.13. The van der Waals surface area contributed by atoms with E-state index in [1.54, 1.807) is 18.1 Å². The lowest BCUT2D eigenvalue weighted by molar-refractivity contribution is -0.130. The van der Waals surface area contributed by atoms with Gasteiger partial charge in [-0.2, -0.15) is 0 Å². The Labute approximate surface area is 172 Å². The Balaban J connectivity index is 1.94. The first kappa shape index (κ1) is 22.5. The van der Waals surface area contributed by atoms with E-state index in [0.29, 0.717) is 36.7 Å². The van der Waals surface area contributed by atoms with Gasteiger partial charge in [0.1, 0.15) is 5.75 Å². The van der Waals surface area contributed by atoms with Gasteiger partial charge in [0.05, 0.1) is 19.3 Å². The van der Waals surface area contributed by atoms with Gasteiger partial charge in [0.25, 0.3) is 0 Å². The van der Waals surface area contributed by atoms with Crippen LogP contribution in [0.3, 0.4) is 0 Å². The van der Waals surface area contributed by atoms with Gasteiger partial charge in [0, 0.05) is 35.6 Å². The lowest BCUT2D eigenvalue weighted by atomic mass is 10.0. The molecule has 0 unspecified atom stereocenters. The third-order valence-electron chi connectivity index (χ3n) is 4.77. The van der Waals surface area contributed by atoms with Gasteiger partial charge in [-0.3, -0.25) is 4.79 Å². The summed E-state index contributed by atoms with van der Waals surface area (Å²) in [5.41, 5.74) is 1.70. The van der Waals surface area contributed by atoms with E-state index in [0.717, 1.165) is 16.7 Å². The minimum absolute atomic E-state index is 0.0480. The molecule has 1 aromatic rings. The van der Waals surface area contributed by atoms with Crippen LogP contribution in [0.25, 0.3) is 0 Å². The predicted molar refractivity (Wildman–Crippen MR) is 112 cm³/mol. The standard InChI is InChI=1S/C19H28ClN3O4S/c1-5-28(25,26)22-14-6-8-23(9-7-14)19(24)12-21-17-10-15(13(2)3)16(20)11-18(17)27-4/h5,10-11,13-14,21-22H,1,6-9,12H2,2-4H3. The van der Waals surface area contributed by atoms with E-state index in [-0.39, 0.29) is 24.4 Å². The summed E-state index contributed by atoms with van der Waals surface area (Å²) in [5.74, 6) is 0.779. The van der Waals surface area contributed by atoms with Crippen molar-refractivity contribution in [1.29, 1.82) is 0 Å². The van der Waals surface area contributed by atoms with Crippen LogP contribution in [0.1, 0.15) is 38.2 Å². The molecule has 7 nitrogen and oxygen atoms in total. The minimum Gasteiger partial charge on any atom is -0.495 e. The summed E-state index contributed by atoms with van der Waals surface area (Å²) in [6.07, 6.45) is 1.14. The van der Waals surface area contributed by atoms with Gasteiger partial charge < -0.3 is 15.0 Å². The third kappa shape index (κ3) is 5.86. The Morgan fingerprint density at radius 2 is 2.04 bits per heavy atom. The number of methoxy groups -OCH3 is 1. The number of anilines is 1. The number of ether oxygens (including phenoxy) is 1. The summed E-state index contributed by atoms with van der Waals surface area (Å²) in [7, 11) is -1.89. The molecule has 0 aliphatic carbocycles. The molecule has 0 aromatic heterocycles. The lowest BCUT2D eigenvalue weighted by Crippen LogP contribution is -2.47. The molecule has 0 saturated carbocycles. The normalized spacial score (nSPS) is 15.5. The topological polar surface area (TPSA) is 87.7 Å². The molecule has 2 N–H and O–H groups in total. The molecule has 0 atom stereocenters. The summed E-state index contributed by atoms with van der Waals surface area (Å²) >= 11 is 6.29. The highest BCUT2D eigenvalue weighted by molar-refractivity contribution is 7.92. The van der Waals surface area contributed by atoms with E-state index in [1.165, 1.54) is 0 Å². The highest BCUT2D eigenvalue weighted by Crippen LogP contribution is 2.34. The summed E-state index contributed by atoms with van der Waals surface area (Å²) in [5, 5.41) is 4.68. The van der Waals surface area contributed by atoms with Gasteiger partial charge >= 0.3 is 0 Å². The zero-order valence-corrected chi connectivity index (χ0v) is 18.1. The van der Waals surface area contributed by atoms with Gasteiger partial charge in [-0.05, 0) is 30.4 Å². The molecule has 9 heteroatoms. The Morgan fingerprint density at radius 1 is 1.39 bits per heavy atom. The zero-order valence-electron chi connectivity index (χ0n) is 16.5. The average Bonchev–Trinajstić information content (AvgIpc) is 2.66. The largest absolute Gasteiger partial charge is 0.495 e. The van der Waals surface area contributed by atoms with Crippen molar-refractivity contribution in [2.24, 2.45) is 0 Å². The maximum Gasteiger partial charge on any atom is 0.241 e. The maximum atomic E-state index is 12.5. The smallest absolute Gasteiger partial charge is 0.241 e. The number of carbonyl (C=O) groups is 1. The molecule has 1 amide bonds. The number of hydrogen-bond acceptors (Lipinski definition) is 5. The SMILES string of the molecule is C=CS(=O)(=O)NC1CCN(C(=O)CNc2cc(C(C)C)c(Cl)cc2OC)CC1. The molecule has 1 heterocycles. The van der Waals surface area contributed by atoms with Crippen molar-refractivity contribution in [2.45, 2.75) is 38.6 Å². The number of halogens is 1. The van der Waals surface area contributed by atoms with Gasteiger partial charge in [-0.25, -0.2) is 13.1 Å². The molecule has 1 aromatic carbocycles. The lowest BCUT2D eigenvalue weighted by Gasteiger charge is -2.32. The van der Waals surface area contributed by atoms with Crippen LogP contribution in [0.2, 0.25) is 5.02 Å². The molecule has 28 heavy (non-hydrogen) atoms. The highest BCUT2D eigenvalue weighted by atomic mass is 35.5. The Hall–Kier alpha value is -1.77. The molecule has 0 spiro atoms. The van der Waals surface area contributed by atoms with Crippen molar-refractivity contribution in [3.05, 3.63) is 34.7 Å². The number of amides is 1. The van der Waals surface area contributed by atoms with Crippen LogP contribution >= 0.6 is 11.6 Å². The number of sulfonamides is 1. The van der Waals surface area contributed by atoms with Crippen LogP contribution in [0.4, 0.5) is 5.69 Å². The number of piperidine rings is 1. The molecule has 1 aliphatic rings. The zero-order chi connectivity index (χ0) is 20.9. The first-order chi connectivity index (χ1) is 13.2. The number of hydrogen-bond donors (Lipinski definition) is 2. The monoisotopic (exact) mass is 429 g/mol. The quantitative estimate of drug-likeness (QED) is 0.663. The number of nitrogens with zero attached hydrogens (tertiary/aromatic N) is 1. The van der Waals surface area contributed by atoms with Crippen molar-refractivity contribution < 1.29 is 17.9 Å². The molecule has 2 rings (SSSR count). The number of nitrogens with one attached hydrogen (secondary N) is 2. The fraction of sp³-hybridized carbons (Fsp3) is 0.526. The van der Waals surface area contributed by atoms with Crippen molar-refractivity contribution >= 4 is 33.2 Å². The van der Waals surface area contributed by atoms with Crippen molar-refractivity contribution in [3.8, 4) is 5.75 Å². The minimum atomic E-state index is -3.45. The Morgan fingerprint density at radius 3 is 2.57 bits per heavy atom. The van der Waals surface area contributed by atoms with Crippen LogP contribution in [0.15, 0.2) is 24.1 Å². The maximum absolute atomic E-state index is 12.5. The fourth-order valence-electron chi connectivity index (χ4n) is 3.13. The summed E-state index contributed by atoms with van der Waals surface area (Å²) in [6, 6.07) is 3.49. The Bertz CT molecular complexity index is 819. The van der Waals surface area contributed by atoms with Crippen LogP contribution in [0.5, 0.6) is 5.75 Å². The molecular weight excluding hydrogens is 402 g/mol. The molecule has 0 bridgehead atoms. The molecule has 1 fully saturated rings. The van der Waals surface area contributed by atoms with Crippen molar-refractivity contribution in [2.75, 3.05) is 32.1 Å². The molecular formula is C19H28ClN3O4S. The molecule has 1 saturated heterocycles. The van der Waals surface area contributed by atoms with Gasteiger partial charge in [-0.15, -0.1) is 0 Å². The first-order valence-corrected chi connectivity index (χ1v) is 11.1.